The third-order valence-electron chi connectivity index (χ3n) is 5.49. The van der Waals surface area contributed by atoms with Crippen LogP contribution in [0.25, 0.3) is 11.1 Å². The number of aliphatic hydroxyl groups excluding tert-OH is 4. The largest absolute Gasteiger partial charge is 0.508 e. The van der Waals surface area contributed by atoms with E-state index in [2.05, 4.69) is 24.3 Å². The number of hydrogen-bond acceptors (Lipinski definition) is 6. The van der Waals surface area contributed by atoms with Gasteiger partial charge in [0.25, 0.3) is 0 Å². The zero-order valence-electron chi connectivity index (χ0n) is 16.2. The Morgan fingerprint density at radius 1 is 0.767 bits per heavy atom. The Hall–Kier alpha value is -2.52. The highest BCUT2D eigenvalue weighted by Gasteiger charge is 2.44. The fourth-order valence-electron chi connectivity index (χ4n) is 3.92. The number of rotatable bonds is 4. The monoisotopic (exact) mass is 414 g/mol. The van der Waals surface area contributed by atoms with E-state index in [0.29, 0.717) is 12.0 Å². The van der Waals surface area contributed by atoms with Gasteiger partial charge in [0.05, 0.1) is 6.61 Å². The predicted octanol–water partition coefficient (Wildman–Crippen LogP) is 0.778. The molecule has 160 valence electrons. The van der Waals surface area contributed by atoms with Gasteiger partial charge in [0, 0.05) is 5.56 Å². The second-order valence-electron chi connectivity index (χ2n) is 7.50. The fourth-order valence-corrected chi connectivity index (χ4v) is 3.92. The molecular weight excluding hydrogens is 388 g/mol. The van der Waals surface area contributed by atoms with E-state index < -0.39 is 37.1 Å². The number of phenolic OH excluding ortho intramolecular Hbond substituents is 1. The molecule has 7 N–H and O–H groups in total. The van der Waals surface area contributed by atoms with E-state index in [1.807, 2.05) is 18.2 Å². The summed E-state index contributed by atoms with van der Waals surface area (Å²) in [5.74, 6) is -0.0854. The van der Waals surface area contributed by atoms with Crippen molar-refractivity contribution < 1.29 is 35.7 Å². The number of fused-ring (bicyclic) bond motifs is 1. The van der Waals surface area contributed by atoms with Crippen LogP contribution in [-0.4, -0.2) is 62.0 Å². The summed E-state index contributed by atoms with van der Waals surface area (Å²) in [5.41, 5.74) is 4.59. The molecule has 30 heavy (non-hydrogen) atoms. The van der Waals surface area contributed by atoms with Gasteiger partial charge >= 0.3 is 0 Å². The second kappa shape index (κ2) is 9.09. The van der Waals surface area contributed by atoms with Crippen LogP contribution in [0.4, 0.5) is 0 Å². The van der Waals surface area contributed by atoms with E-state index in [-0.39, 0.29) is 11.2 Å². The van der Waals surface area contributed by atoms with Gasteiger partial charge in [0.2, 0.25) is 0 Å². The van der Waals surface area contributed by atoms with Crippen molar-refractivity contribution >= 4 is 0 Å². The maximum Gasteiger partial charge on any atom is 0.121 e. The highest BCUT2D eigenvalue weighted by atomic mass is 16.5. The first-order chi connectivity index (χ1) is 14.0. The minimum Gasteiger partial charge on any atom is -0.508 e. The normalized spacial score (nSPS) is 26.3. The minimum atomic E-state index is -1.49. The number of ether oxygens (including phenoxy) is 1. The van der Waals surface area contributed by atoms with Gasteiger partial charge in [-0.15, -0.1) is 0 Å². The zero-order valence-corrected chi connectivity index (χ0v) is 16.2. The molecule has 1 saturated heterocycles. The van der Waals surface area contributed by atoms with Crippen LogP contribution in [0.3, 0.4) is 0 Å². The van der Waals surface area contributed by atoms with E-state index in [1.165, 1.54) is 6.07 Å². The molecule has 3 aliphatic rings. The van der Waals surface area contributed by atoms with Gasteiger partial charge in [0.15, 0.2) is 0 Å². The topological polar surface area (TPSA) is 142 Å². The molecule has 4 rings (SSSR count). The number of hydrogen-bond donors (Lipinski definition) is 5. The Bertz CT molecular complexity index is 927. The molecule has 1 heterocycles. The molecule has 0 amide bonds. The standard InChI is InChI=1S/C23H24O6.H2O/c24-12-19-20(26)21(27)22(28)23(29-19)17-11-13(6-7-18(17)25)8-14-9-15-4-2-1-3-5-16(15)10-14;/h1-7,9-11,19-28H,8,12H2;1H2/t19-,20-,21+,22-,23+;/m1./s1. The van der Waals surface area contributed by atoms with Crippen LogP contribution < -0.4 is 0 Å². The van der Waals surface area contributed by atoms with Crippen molar-refractivity contribution in [2.24, 2.45) is 0 Å². The first-order valence-electron chi connectivity index (χ1n) is 9.58. The van der Waals surface area contributed by atoms with E-state index in [4.69, 9.17) is 4.74 Å². The van der Waals surface area contributed by atoms with Gasteiger partial charge < -0.3 is 35.7 Å². The Balaban J connectivity index is 0.00000256. The predicted molar refractivity (Wildman–Crippen MR) is 110 cm³/mol. The van der Waals surface area contributed by atoms with Gasteiger partial charge in [-0.25, -0.2) is 0 Å². The van der Waals surface area contributed by atoms with Gasteiger partial charge in [-0.3, -0.25) is 0 Å². The summed E-state index contributed by atoms with van der Waals surface area (Å²) < 4.78 is 5.59. The molecular formula is C23H26O7. The summed E-state index contributed by atoms with van der Waals surface area (Å²) in [7, 11) is 0. The van der Waals surface area contributed by atoms with Gasteiger partial charge in [-0.05, 0) is 40.8 Å². The molecule has 7 heteroatoms. The van der Waals surface area contributed by atoms with Crippen LogP contribution in [0.1, 0.15) is 22.8 Å². The van der Waals surface area contributed by atoms with E-state index in [1.54, 1.807) is 12.1 Å². The average molecular weight is 414 g/mol. The third-order valence-corrected chi connectivity index (χ3v) is 5.49. The average Bonchev–Trinajstić information content (AvgIpc) is 2.96. The van der Waals surface area contributed by atoms with Crippen molar-refractivity contribution in [2.45, 2.75) is 36.9 Å². The molecule has 0 bridgehead atoms. The molecule has 5 atom stereocenters. The summed E-state index contributed by atoms with van der Waals surface area (Å²) in [6, 6.07) is 19.3. The van der Waals surface area contributed by atoms with Crippen LogP contribution in [0, 0.1) is 0 Å². The Labute approximate surface area is 174 Å². The van der Waals surface area contributed by atoms with Crippen molar-refractivity contribution in [1.82, 2.24) is 0 Å². The molecule has 0 unspecified atom stereocenters. The van der Waals surface area contributed by atoms with Crippen molar-refractivity contribution in [3.05, 3.63) is 77.4 Å². The lowest BCUT2D eigenvalue weighted by atomic mass is 9.89. The van der Waals surface area contributed by atoms with Crippen molar-refractivity contribution in [2.75, 3.05) is 6.61 Å². The minimum absolute atomic E-state index is 0. The fraction of sp³-hybridized carbons (Fsp3) is 0.304. The molecule has 7 nitrogen and oxygen atoms in total. The summed E-state index contributed by atoms with van der Waals surface area (Å²) in [6.07, 6.45) is -5.84. The molecule has 0 spiro atoms. The summed E-state index contributed by atoms with van der Waals surface area (Å²) in [6.45, 7) is -0.514. The molecule has 2 aliphatic carbocycles. The number of phenols is 1. The first kappa shape index (κ1) is 22.2. The van der Waals surface area contributed by atoms with Crippen LogP contribution in [-0.2, 0) is 11.2 Å². The number of aliphatic hydroxyl groups is 4. The van der Waals surface area contributed by atoms with E-state index in [0.717, 1.165) is 22.3 Å². The van der Waals surface area contributed by atoms with Crippen LogP contribution in [0.2, 0.25) is 0 Å². The molecule has 1 fully saturated rings. The Kier molecular flexibility index (Phi) is 6.72. The molecule has 1 aliphatic heterocycles. The maximum atomic E-state index is 10.4. The maximum absolute atomic E-state index is 10.4. The van der Waals surface area contributed by atoms with Crippen molar-refractivity contribution in [3.63, 3.8) is 0 Å². The third kappa shape index (κ3) is 4.17. The quantitative estimate of drug-likeness (QED) is 0.427. The first-order valence-corrected chi connectivity index (χ1v) is 9.58. The van der Waals surface area contributed by atoms with Gasteiger partial charge in [-0.1, -0.05) is 48.5 Å². The summed E-state index contributed by atoms with van der Waals surface area (Å²) >= 11 is 0. The SMILES string of the molecule is O.OC[C@H]1O[C@@H](c2cc(Cc3cc4cccccc-4c3)ccc2O)[C@H](O)[C@@H](O)[C@@H]1O. The smallest absolute Gasteiger partial charge is 0.121 e. The molecule has 0 radical (unpaired) electrons. The number of aromatic hydroxyl groups is 1. The van der Waals surface area contributed by atoms with E-state index >= 15 is 0 Å². The summed E-state index contributed by atoms with van der Waals surface area (Å²) in [4.78, 5) is 0. The second-order valence-corrected chi connectivity index (χ2v) is 7.50. The lowest BCUT2D eigenvalue weighted by Crippen LogP contribution is -2.55. The van der Waals surface area contributed by atoms with Crippen molar-refractivity contribution in [1.29, 1.82) is 0 Å². The zero-order chi connectivity index (χ0) is 20.5. The van der Waals surface area contributed by atoms with Crippen LogP contribution >= 0.6 is 0 Å². The van der Waals surface area contributed by atoms with Crippen molar-refractivity contribution in [3.8, 4) is 16.9 Å². The Morgan fingerprint density at radius 2 is 1.43 bits per heavy atom. The highest BCUT2D eigenvalue weighted by Crippen LogP contribution is 2.37. The lowest BCUT2D eigenvalue weighted by Gasteiger charge is -2.40. The molecule has 0 saturated carbocycles. The summed E-state index contributed by atoms with van der Waals surface area (Å²) in [5, 5.41) is 50.1. The Morgan fingerprint density at radius 3 is 2.07 bits per heavy atom. The highest BCUT2D eigenvalue weighted by molar-refractivity contribution is 5.68. The molecule has 1 aromatic carbocycles. The lowest BCUT2D eigenvalue weighted by molar-refractivity contribution is -0.232. The van der Waals surface area contributed by atoms with Gasteiger partial charge in [-0.2, -0.15) is 0 Å². The molecule has 0 aromatic heterocycles. The number of benzene rings is 1. The van der Waals surface area contributed by atoms with Crippen LogP contribution in [0.15, 0.2) is 60.7 Å². The van der Waals surface area contributed by atoms with E-state index in [9.17, 15) is 25.5 Å². The molecule has 1 aromatic rings. The van der Waals surface area contributed by atoms with Gasteiger partial charge in [0.1, 0.15) is 36.3 Å². The van der Waals surface area contributed by atoms with Crippen LogP contribution in [0.5, 0.6) is 5.75 Å².